The van der Waals surface area contributed by atoms with E-state index in [4.69, 9.17) is 4.99 Å². The number of aromatic nitrogens is 1. The van der Waals surface area contributed by atoms with Crippen LogP contribution in [0.3, 0.4) is 0 Å². The molecule has 1 aliphatic carbocycles. The van der Waals surface area contributed by atoms with Gasteiger partial charge in [0.2, 0.25) is 0 Å². The van der Waals surface area contributed by atoms with Crippen molar-refractivity contribution in [1.29, 1.82) is 0 Å². The van der Waals surface area contributed by atoms with Crippen molar-refractivity contribution in [3.63, 3.8) is 0 Å². The lowest BCUT2D eigenvalue weighted by Crippen LogP contribution is -2.46. The number of hydrogen-bond donors (Lipinski definition) is 3. The quantitative estimate of drug-likeness (QED) is 0.358. The molecule has 2 aromatic rings. The summed E-state index contributed by atoms with van der Waals surface area (Å²) in [6, 6.07) is 8.82. The number of aromatic amines is 1. The Kier molecular flexibility index (Phi) is 7.95. The number of H-pyrrole nitrogens is 1. The van der Waals surface area contributed by atoms with Crippen LogP contribution in [0, 0.1) is 0 Å². The van der Waals surface area contributed by atoms with Gasteiger partial charge in [-0.2, -0.15) is 0 Å². The van der Waals surface area contributed by atoms with Crippen molar-refractivity contribution in [3.05, 3.63) is 36.0 Å². The molecular formula is C22H34N4OS. The van der Waals surface area contributed by atoms with Crippen molar-refractivity contribution in [3.8, 4) is 0 Å². The van der Waals surface area contributed by atoms with Gasteiger partial charge < -0.3 is 15.6 Å². The molecule has 1 aromatic heterocycles. The highest BCUT2D eigenvalue weighted by atomic mass is 32.2. The van der Waals surface area contributed by atoms with Crippen LogP contribution in [0.5, 0.6) is 0 Å². The Morgan fingerprint density at radius 3 is 2.96 bits per heavy atom. The molecule has 0 saturated heterocycles. The summed E-state index contributed by atoms with van der Waals surface area (Å²) in [5.41, 5.74) is 2.56. The molecule has 0 spiro atoms. The van der Waals surface area contributed by atoms with Gasteiger partial charge in [-0.1, -0.05) is 31.5 Å². The first-order valence-corrected chi connectivity index (χ1v) is 12.1. The van der Waals surface area contributed by atoms with Gasteiger partial charge in [0.25, 0.3) is 0 Å². The van der Waals surface area contributed by atoms with Crippen molar-refractivity contribution in [2.45, 2.75) is 63.7 Å². The molecule has 3 unspecified atom stereocenters. The molecule has 1 aromatic carbocycles. The second-order valence-corrected chi connectivity index (χ2v) is 9.53. The molecule has 1 heterocycles. The summed E-state index contributed by atoms with van der Waals surface area (Å²) < 4.78 is 12.2. The van der Waals surface area contributed by atoms with E-state index in [0.717, 1.165) is 63.3 Å². The van der Waals surface area contributed by atoms with Gasteiger partial charge in [0, 0.05) is 58.0 Å². The highest BCUT2D eigenvalue weighted by Gasteiger charge is 2.25. The van der Waals surface area contributed by atoms with Gasteiger partial charge in [-0.3, -0.25) is 9.20 Å². The standard InChI is InChI=1S/C22H34N4OS/c1-3-23-22(26-18-10-7-11-19(15-18)28(27)4-2)24-14-8-9-17-16-25-21-13-6-5-12-20(17)21/h5-6,12-13,16,18-19,25H,3-4,7-11,14-15H2,1-2H3,(H2,23,24,26). The zero-order valence-electron chi connectivity index (χ0n) is 17.2. The normalized spacial score (nSPS) is 21.6. The molecule has 0 amide bonds. The molecule has 3 atom stereocenters. The van der Waals surface area contributed by atoms with E-state index in [1.165, 1.54) is 16.5 Å². The second kappa shape index (κ2) is 10.6. The van der Waals surface area contributed by atoms with E-state index in [2.05, 4.69) is 53.0 Å². The maximum Gasteiger partial charge on any atom is 0.191 e. The SMILES string of the molecule is CCNC(=NCCCc1c[nH]c2ccccc12)NC1CCCC(S(=O)CC)C1. The molecule has 0 radical (unpaired) electrons. The van der Waals surface area contributed by atoms with Crippen LogP contribution in [0.2, 0.25) is 0 Å². The maximum atomic E-state index is 12.2. The van der Waals surface area contributed by atoms with Crippen LogP contribution >= 0.6 is 0 Å². The summed E-state index contributed by atoms with van der Waals surface area (Å²) in [4.78, 5) is 8.13. The molecule has 1 saturated carbocycles. The largest absolute Gasteiger partial charge is 0.361 e. The lowest BCUT2D eigenvalue weighted by Gasteiger charge is -2.30. The Morgan fingerprint density at radius 1 is 1.29 bits per heavy atom. The van der Waals surface area contributed by atoms with Gasteiger partial charge in [-0.05, 0) is 50.7 Å². The number of para-hydroxylation sites is 1. The lowest BCUT2D eigenvalue weighted by atomic mass is 9.95. The van der Waals surface area contributed by atoms with Crippen LogP contribution in [0.4, 0.5) is 0 Å². The predicted octanol–water partition coefficient (Wildman–Crippen LogP) is 3.74. The number of nitrogens with zero attached hydrogens (tertiary/aromatic N) is 1. The fourth-order valence-electron chi connectivity index (χ4n) is 4.06. The molecule has 154 valence electrons. The number of nitrogens with one attached hydrogen (secondary N) is 3. The van der Waals surface area contributed by atoms with Crippen LogP contribution in [0.15, 0.2) is 35.5 Å². The first-order valence-electron chi connectivity index (χ1n) is 10.7. The molecule has 0 bridgehead atoms. The third-order valence-corrected chi connectivity index (χ3v) is 7.26. The van der Waals surface area contributed by atoms with Gasteiger partial charge in [0.15, 0.2) is 5.96 Å². The Morgan fingerprint density at radius 2 is 2.14 bits per heavy atom. The Hall–Kier alpha value is -1.82. The van der Waals surface area contributed by atoms with E-state index in [0.29, 0.717) is 11.3 Å². The number of hydrogen-bond acceptors (Lipinski definition) is 2. The van der Waals surface area contributed by atoms with Crippen LogP contribution in [0.25, 0.3) is 10.9 Å². The summed E-state index contributed by atoms with van der Waals surface area (Å²) in [6.07, 6.45) is 8.52. The Balaban J connectivity index is 1.51. The molecule has 1 fully saturated rings. The number of aryl methyl sites for hydroxylation is 1. The van der Waals surface area contributed by atoms with E-state index in [-0.39, 0.29) is 0 Å². The number of benzene rings is 1. The summed E-state index contributed by atoms with van der Waals surface area (Å²) in [5, 5.41) is 8.60. The van der Waals surface area contributed by atoms with Crippen LogP contribution in [0.1, 0.15) is 51.5 Å². The first kappa shape index (κ1) is 20.9. The van der Waals surface area contributed by atoms with E-state index < -0.39 is 10.8 Å². The topological polar surface area (TPSA) is 69.3 Å². The van der Waals surface area contributed by atoms with Crippen molar-refractivity contribution < 1.29 is 4.21 Å². The van der Waals surface area contributed by atoms with Crippen LogP contribution in [-0.2, 0) is 17.2 Å². The highest BCUT2D eigenvalue weighted by molar-refractivity contribution is 7.85. The minimum atomic E-state index is -0.692. The van der Waals surface area contributed by atoms with Gasteiger partial charge in [-0.15, -0.1) is 0 Å². The minimum Gasteiger partial charge on any atom is -0.361 e. The van der Waals surface area contributed by atoms with Gasteiger partial charge in [-0.25, -0.2) is 0 Å². The van der Waals surface area contributed by atoms with Crippen LogP contribution in [-0.4, -0.2) is 45.3 Å². The average Bonchev–Trinajstić information content (AvgIpc) is 3.14. The fraction of sp³-hybridized carbons (Fsp3) is 0.591. The molecule has 3 N–H and O–H groups in total. The minimum absolute atomic E-state index is 0.334. The monoisotopic (exact) mass is 402 g/mol. The summed E-state index contributed by atoms with van der Waals surface area (Å²) in [6.45, 7) is 5.77. The van der Waals surface area contributed by atoms with E-state index in [1.54, 1.807) is 0 Å². The summed E-state index contributed by atoms with van der Waals surface area (Å²) in [5.74, 6) is 1.66. The number of aliphatic imine (C=N–C) groups is 1. The van der Waals surface area contributed by atoms with E-state index >= 15 is 0 Å². The van der Waals surface area contributed by atoms with Gasteiger partial charge in [0.05, 0.1) is 0 Å². The Bertz CT molecular complexity index is 801. The molecule has 28 heavy (non-hydrogen) atoms. The zero-order chi connectivity index (χ0) is 19.8. The number of guanidine groups is 1. The van der Waals surface area contributed by atoms with Gasteiger partial charge >= 0.3 is 0 Å². The molecule has 5 nitrogen and oxygen atoms in total. The van der Waals surface area contributed by atoms with Crippen molar-refractivity contribution in [2.24, 2.45) is 4.99 Å². The average molecular weight is 403 g/mol. The summed E-state index contributed by atoms with van der Waals surface area (Å²) in [7, 11) is -0.692. The number of rotatable bonds is 8. The van der Waals surface area contributed by atoms with Crippen molar-refractivity contribution in [2.75, 3.05) is 18.8 Å². The van der Waals surface area contributed by atoms with Crippen molar-refractivity contribution in [1.82, 2.24) is 15.6 Å². The molecule has 0 aliphatic heterocycles. The molecule has 3 rings (SSSR count). The smallest absolute Gasteiger partial charge is 0.191 e. The summed E-state index contributed by atoms with van der Waals surface area (Å²) >= 11 is 0. The van der Waals surface area contributed by atoms with E-state index in [9.17, 15) is 4.21 Å². The fourth-order valence-corrected chi connectivity index (χ4v) is 5.41. The second-order valence-electron chi connectivity index (χ2n) is 7.52. The predicted molar refractivity (Wildman–Crippen MR) is 120 cm³/mol. The van der Waals surface area contributed by atoms with Gasteiger partial charge in [0.1, 0.15) is 0 Å². The van der Waals surface area contributed by atoms with Crippen LogP contribution < -0.4 is 10.6 Å². The third-order valence-electron chi connectivity index (χ3n) is 5.52. The molecule has 6 heteroatoms. The maximum absolute atomic E-state index is 12.2. The van der Waals surface area contributed by atoms with E-state index in [1.807, 2.05) is 6.92 Å². The zero-order valence-corrected chi connectivity index (χ0v) is 18.0. The molecule has 1 aliphatic rings. The van der Waals surface area contributed by atoms with Crippen molar-refractivity contribution >= 4 is 27.7 Å². The third kappa shape index (κ3) is 5.60. The highest BCUT2D eigenvalue weighted by Crippen LogP contribution is 2.23. The Labute approximate surface area is 171 Å². The molecular weight excluding hydrogens is 368 g/mol. The first-order chi connectivity index (χ1) is 13.7. The lowest BCUT2D eigenvalue weighted by molar-refractivity contribution is 0.413. The number of fused-ring (bicyclic) bond motifs is 1.